The number of imide groups is 2. The van der Waals surface area contributed by atoms with Crippen molar-refractivity contribution in [1.82, 2.24) is 5.32 Å². The van der Waals surface area contributed by atoms with E-state index in [1.54, 1.807) is 12.1 Å². The molecule has 7 heteroatoms. The lowest BCUT2D eigenvalue weighted by atomic mass is 10.1. The third-order valence-electron chi connectivity index (χ3n) is 3.02. The minimum absolute atomic E-state index is 0.154. The molecule has 0 saturated carbocycles. The second kappa shape index (κ2) is 5.28. The van der Waals surface area contributed by atoms with Crippen molar-refractivity contribution in [2.24, 2.45) is 0 Å². The molecule has 1 saturated heterocycles. The number of rotatable bonds is 2. The predicted octanol–water partition coefficient (Wildman–Crippen LogP) is 2.09. The number of carbonyl (C=O) groups excluding carboxylic acids is 3. The van der Waals surface area contributed by atoms with E-state index in [0.29, 0.717) is 5.76 Å². The summed E-state index contributed by atoms with van der Waals surface area (Å²) in [5, 5.41) is 2.06. The van der Waals surface area contributed by atoms with Crippen LogP contribution >= 0.6 is 0 Å². The first kappa shape index (κ1) is 13.7. The van der Waals surface area contributed by atoms with Gasteiger partial charge in [-0.2, -0.15) is 0 Å². The van der Waals surface area contributed by atoms with E-state index < -0.39 is 23.7 Å². The fourth-order valence-corrected chi connectivity index (χ4v) is 2.00. The molecule has 4 amide bonds. The molecule has 1 aliphatic rings. The van der Waals surface area contributed by atoms with Crippen LogP contribution in [-0.4, -0.2) is 17.8 Å². The molecule has 1 N–H and O–H groups in total. The van der Waals surface area contributed by atoms with Crippen LogP contribution in [0.25, 0.3) is 6.08 Å². The summed E-state index contributed by atoms with van der Waals surface area (Å²) in [6, 6.07) is 7.04. The smallest absolute Gasteiger partial charge is 0.335 e. The largest absolute Gasteiger partial charge is 0.465 e. The Labute approximate surface area is 123 Å². The average Bonchev–Trinajstić information content (AvgIpc) is 2.98. The third-order valence-corrected chi connectivity index (χ3v) is 3.02. The number of amides is 4. The molecule has 1 aromatic heterocycles. The first-order chi connectivity index (χ1) is 10.6. The molecule has 1 aromatic carbocycles. The minimum Gasteiger partial charge on any atom is -0.465 e. The van der Waals surface area contributed by atoms with Gasteiger partial charge in [-0.15, -0.1) is 0 Å². The highest BCUT2D eigenvalue weighted by Gasteiger charge is 2.36. The van der Waals surface area contributed by atoms with Crippen molar-refractivity contribution < 1.29 is 23.2 Å². The van der Waals surface area contributed by atoms with E-state index in [1.165, 1.54) is 24.5 Å². The molecule has 0 aliphatic carbocycles. The molecule has 2 aromatic rings. The van der Waals surface area contributed by atoms with Gasteiger partial charge < -0.3 is 4.42 Å². The van der Waals surface area contributed by atoms with Gasteiger partial charge in [0.05, 0.1) is 12.0 Å². The molecule has 2 heterocycles. The molecular formula is C15H9FN2O4. The summed E-state index contributed by atoms with van der Waals surface area (Å²) in [5.41, 5.74) is -0.0966. The number of barbiturate groups is 1. The number of carbonyl (C=O) groups is 3. The Morgan fingerprint density at radius 2 is 1.82 bits per heavy atom. The number of anilines is 1. The summed E-state index contributed by atoms with van der Waals surface area (Å²) in [6.07, 6.45) is 2.63. The minimum atomic E-state index is -0.891. The van der Waals surface area contributed by atoms with Crippen LogP contribution in [-0.2, 0) is 9.59 Å². The highest BCUT2D eigenvalue weighted by atomic mass is 19.1. The number of halogens is 1. The van der Waals surface area contributed by atoms with E-state index >= 15 is 0 Å². The Morgan fingerprint density at radius 3 is 2.45 bits per heavy atom. The van der Waals surface area contributed by atoms with Crippen molar-refractivity contribution in [3.8, 4) is 0 Å². The number of benzene rings is 1. The summed E-state index contributed by atoms with van der Waals surface area (Å²) in [5.74, 6) is -1.83. The number of hydrogen-bond donors (Lipinski definition) is 1. The molecule has 1 aliphatic heterocycles. The zero-order valence-electron chi connectivity index (χ0n) is 11.1. The van der Waals surface area contributed by atoms with E-state index in [4.69, 9.17) is 4.42 Å². The molecule has 22 heavy (non-hydrogen) atoms. The number of nitrogens with one attached hydrogen (secondary N) is 1. The molecule has 0 spiro atoms. The number of nitrogens with zero attached hydrogens (tertiary/aromatic N) is 1. The average molecular weight is 300 g/mol. The summed E-state index contributed by atoms with van der Waals surface area (Å²) in [7, 11) is 0. The Balaban J connectivity index is 2.01. The van der Waals surface area contributed by atoms with Gasteiger partial charge in [-0.3, -0.25) is 14.9 Å². The second-order valence-corrected chi connectivity index (χ2v) is 4.45. The van der Waals surface area contributed by atoms with Crippen molar-refractivity contribution in [3.63, 3.8) is 0 Å². The Bertz CT molecular complexity index is 778. The molecule has 0 atom stereocenters. The third kappa shape index (κ3) is 2.39. The molecule has 3 rings (SSSR count). The molecule has 1 fully saturated rings. The van der Waals surface area contributed by atoms with Crippen LogP contribution in [0.3, 0.4) is 0 Å². The first-order valence-electron chi connectivity index (χ1n) is 6.27. The van der Waals surface area contributed by atoms with Crippen LogP contribution in [0.1, 0.15) is 5.76 Å². The van der Waals surface area contributed by atoms with Crippen molar-refractivity contribution in [3.05, 3.63) is 59.8 Å². The number of furan rings is 1. The lowest BCUT2D eigenvalue weighted by Crippen LogP contribution is -2.54. The zero-order chi connectivity index (χ0) is 15.7. The number of urea groups is 1. The van der Waals surface area contributed by atoms with E-state index in [1.807, 2.05) is 0 Å². The maximum Gasteiger partial charge on any atom is 0.335 e. The Hall–Kier alpha value is -3.22. The second-order valence-electron chi connectivity index (χ2n) is 4.45. The maximum atomic E-state index is 13.0. The zero-order valence-corrected chi connectivity index (χ0v) is 11.1. The Morgan fingerprint density at radius 1 is 1.09 bits per heavy atom. The van der Waals surface area contributed by atoms with Crippen LogP contribution in [0.4, 0.5) is 14.9 Å². The van der Waals surface area contributed by atoms with Crippen LogP contribution in [0, 0.1) is 5.82 Å². The van der Waals surface area contributed by atoms with E-state index in [9.17, 15) is 18.8 Å². The first-order valence-corrected chi connectivity index (χ1v) is 6.27. The van der Waals surface area contributed by atoms with Crippen molar-refractivity contribution in [2.75, 3.05) is 4.90 Å². The van der Waals surface area contributed by atoms with Gasteiger partial charge in [-0.25, -0.2) is 14.1 Å². The SMILES string of the molecule is O=C1NC(=O)N(c2ccc(F)cc2)C(=O)/C1=C/c1ccco1. The molecular weight excluding hydrogens is 291 g/mol. The highest BCUT2D eigenvalue weighted by Crippen LogP contribution is 2.22. The molecule has 0 radical (unpaired) electrons. The van der Waals surface area contributed by atoms with Crippen LogP contribution < -0.4 is 10.2 Å². The molecule has 0 bridgehead atoms. The van der Waals surface area contributed by atoms with Crippen LogP contribution in [0.2, 0.25) is 0 Å². The van der Waals surface area contributed by atoms with E-state index in [-0.39, 0.29) is 11.3 Å². The van der Waals surface area contributed by atoms with Gasteiger partial charge >= 0.3 is 6.03 Å². The number of hydrogen-bond acceptors (Lipinski definition) is 4. The van der Waals surface area contributed by atoms with Gasteiger partial charge in [0.25, 0.3) is 11.8 Å². The van der Waals surface area contributed by atoms with Crippen molar-refractivity contribution in [2.45, 2.75) is 0 Å². The lowest BCUT2D eigenvalue weighted by Gasteiger charge is -2.26. The quantitative estimate of drug-likeness (QED) is 0.680. The van der Waals surface area contributed by atoms with Gasteiger partial charge in [0.2, 0.25) is 0 Å². The summed E-state index contributed by atoms with van der Waals surface area (Å²) < 4.78 is 18.0. The highest BCUT2D eigenvalue weighted by molar-refractivity contribution is 6.39. The van der Waals surface area contributed by atoms with Crippen LogP contribution in [0.5, 0.6) is 0 Å². The summed E-state index contributed by atoms with van der Waals surface area (Å²) >= 11 is 0. The normalized spacial score (nSPS) is 17.0. The molecule has 110 valence electrons. The maximum absolute atomic E-state index is 13.0. The monoisotopic (exact) mass is 300 g/mol. The fraction of sp³-hybridized carbons (Fsp3) is 0. The lowest BCUT2D eigenvalue weighted by molar-refractivity contribution is -0.122. The van der Waals surface area contributed by atoms with E-state index in [0.717, 1.165) is 17.0 Å². The van der Waals surface area contributed by atoms with Crippen molar-refractivity contribution in [1.29, 1.82) is 0 Å². The van der Waals surface area contributed by atoms with Gasteiger partial charge in [0.15, 0.2) is 0 Å². The van der Waals surface area contributed by atoms with Gasteiger partial charge in [0.1, 0.15) is 17.2 Å². The standard InChI is InChI=1S/C15H9FN2O4/c16-9-3-5-10(6-4-9)18-14(20)12(13(19)17-15(18)21)8-11-2-1-7-22-11/h1-8H,(H,17,19,21)/b12-8+. The predicted molar refractivity (Wildman–Crippen MR) is 74.1 cm³/mol. The van der Waals surface area contributed by atoms with Crippen LogP contribution in [0.15, 0.2) is 52.7 Å². The molecule has 6 nitrogen and oxygen atoms in total. The summed E-state index contributed by atoms with van der Waals surface area (Å²) in [4.78, 5) is 36.9. The molecule has 0 unspecified atom stereocenters. The van der Waals surface area contributed by atoms with Gasteiger partial charge in [-0.05, 0) is 42.5 Å². The van der Waals surface area contributed by atoms with E-state index in [2.05, 4.69) is 5.32 Å². The van der Waals surface area contributed by atoms with Crippen molar-refractivity contribution >= 4 is 29.6 Å². The Kier molecular flexibility index (Phi) is 3.30. The van der Waals surface area contributed by atoms with Gasteiger partial charge in [0, 0.05) is 0 Å². The fourth-order valence-electron chi connectivity index (χ4n) is 2.00. The van der Waals surface area contributed by atoms with Gasteiger partial charge in [-0.1, -0.05) is 0 Å². The summed E-state index contributed by atoms with van der Waals surface area (Å²) in [6.45, 7) is 0. The topological polar surface area (TPSA) is 79.6 Å².